The largest absolute Gasteiger partial charge is 0.367 e. The van der Waals surface area contributed by atoms with Gasteiger partial charge in [0.25, 0.3) is 11.4 Å². The maximum Gasteiger partial charge on any atom is 0.270 e. The molecule has 14 heteroatoms. The Morgan fingerprint density at radius 3 is 1.40 bits per heavy atom. The first kappa shape index (κ1) is 28.6. The molecule has 6 rings (SSSR count). The summed E-state index contributed by atoms with van der Waals surface area (Å²) in [6.45, 7) is 0.910. The smallest absolute Gasteiger partial charge is 0.270 e. The molecule has 0 radical (unpaired) electrons. The van der Waals surface area contributed by atoms with Crippen molar-refractivity contribution in [2.24, 2.45) is 0 Å². The van der Waals surface area contributed by atoms with E-state index in [0.29, 0.717) is 21.2 Å². The summed E-state index contributed by atoms with van der Waals surface area (Å²) in [4.78, 5) is 21.4. The number of fused-ring (bicyclic) bond motifs is 2. The number of anilines is 2. The van der Waals surface area contributed by atoms with Gasteiger partial charge in [0.15, 0.2) is 7.91 Å². The summed E-state index contributed by atoms with van der Waals surface area (Å²) in [6, 6.07) is 26.0. The fourth-order valence-electron chi connectivity index (χ4n) is 4.69. The van der Waals surface area contributed by atoms with E-state index in [1.165, 1.54) is 45.9 Å². The van der Waals surface area contributed by atoms with Gasteiger partial charge in [0.05, 0.1) is 43.6 Å². The summed E-state index contributed by atoms with van der Waals surface area (Å²) in [5.74, 6) is 0. The molecule has 2 aromatic heterocycles. The molecule has 0 saturated carbocycles. The predicted octanol–water partition coefficient (Wildman–Crippen LogP) is 8.72. The Morgan fingerprint density at radius 2 is 1.02 bits per heavy atom. The third-order valence-electron chi connectivity index (χ3n) is 6.92. The molecule has 0 saturated heterocycles. The van der Waals surface area contributed by atoms with Gasteiger partial charge in [-0.15, -0.1) is 22.7 Å². The lowest BCUT2D eigenvalue weighted by Crippen LogP contribution is -2.08. The van der Waals surface area contributed by atoms with Crippen LogP contribution in [0.1, 0.15) is 11.1 Å². The van der Waals surface area contributed by atoms with Gasteiger partial charge in [0, 0.05) is 35.6 Å². The third-order valence-corrected chi connectivity index (χ3v) is 9.75. The van der Waals surface area contributed by atoms with E-state index in [2.05, 4.69) is 34.9 Å². The number of aromatic nitrogens is 2. The van der Waals surface area contributed by atoms with Gasteiger partial charge >= 0.3 is 0 Å². The normalized spacial score (nSPS) is 11.2. The third kappa shape index (κ3) is 6.17. The maximum absolute atomic E-state index is 11.1. The van der Waals surface area contributed by atoms with Crippen molar-refractivity contribution in [3.63, 3.8) is 0 Å². The van der Waals surface area contributed by atoms with Crippen LogP contribution in [-0.4, -0.2) is 19.0 Å². The minimum Gasteiger partial charge on any atom is -0.367 e. The second-order valence-electron chi connectivity index (χ2n) is 9.65. The Morgan fingerprint density at radius 1 is 0.628 bits per heavy atom. The number of nitrogens with one attached hydrogen (secondary N) is 2. The molecule has 0 unspecified atom stereocenters. The average Bonchev–Trinajstić information content (AvgIpc) is 3.49. The molecule has 2 heterocycles. The van der Waals surface area contributed by atoms with Crippen LogP contribution in [0.2, 0.25) is 0 Å². The molecule has 0 fully saturated rings. The molecule has 0 amide bonds. The lowest BCUT2D eigenvalue weighted by atomic mass is 10.0. The van der Waals surface area contributed by atoms with Crippen LogP contribution in [0.15, 0.2) is 84.9 Å². The Hall–Kier alpha value is -4.50. The monoisotopic (exact) mass is 646 g/mol. The molecule has 10 nitrogen and oxygen atoms in total. The van der Waals surface area contributed by atoms with Gasteiger partial charge in [0.1, 0.15) is 0 Å². The Balaban J connectivity index is 1.06. The van der Waals surface area contributed by atoms with Crippen LogP contribution in [0.3, 0.4) is 0 Å². The highest BCUT2D eigenvalue weighted by Gasteiger charge is 2.12. The van der Waals surface area contributed by atoms with E-state index in [1.807, 2.05) is 33.4 Å². The zero-order chi connectivity index (χ0) is 30.1. The van der Waals surface area contributed by atoms with E-state index in [1.54, 1.807) is 24.3 Å². The number of nitrogens with zero attached hydrogens (tertiary/aromatic N) is 4. The Kier molecular flexibility index (Phi) is 7.99. The van der Waals surface area contributed by atoms with E-state index in [9.17, 15) is 20.2 Å². The summed E-state index contributed by atoms with van der Waals surface area (Å²) in [6.07, 6.45) is 0.776. The average molecular weight is 647 g/mol. The summed E-state index contributed by atoms with van der Waals surface area (Å²) in [5, 5.41) is 28.9. The van der Waals surface area contributed by atoms with Crippen LogP contribution in [0.25, 0.3) is 20.4 Å². The SMILES string of the molecule is O=[N+]([O-])c1ccc2c(c1)sc(=S)n2CNc1ccc(Cc2ccc(NCn3c(=S)sc4cc([N+](=O)[O-])ccc43)cc2)cc1. The fraction of sp³-hybridized carbons (Fsp3) is 0.103. The molecular weight excluding hydrogens is 625 g/mol. The minimum atomic E-state index is -0.401. The van der Waals surface area contributed by atoms with Crippen LogP contribution < -0.4 is 10.6 Å². The van der Waals surface area contributed by atoms with E-state index in [-0.39, 0.29) is 11.4 Å². The van der Waals surface area contributed by atoms with Crippen LogP contribution in [-0.2, 0) is 19.8 Å². The van der Waals surface area contributed by atoms with Crippen molar-refractivity contribution in [1.29, 1.82) is 0 Å². The second kappa shape index (κ2) is 12.0. The van der Waals surface area contributed by atoms with Crippen molar-refractivity contribution in [2.45, 2.75) is 19.8 Å². The number of nitro benzene ring substituents is 2. The minimum absolute atomic E-state index is 0.0547. The molecule has 0 aliphatic heterocycles. The van der Waals surface area contributed by atoms with Gasteiger partial charge < -0.3 is 19.8 Å². The zero-order valence-electron chi connectivity index (χ0n) is 22.3. The van der Waals surface area contributed by atoms with Gasteiger partial charge in [-0.25, -0.2) is 0 Å². The molecule has 0 aliphatic rings. The maximum atomic E-state index is 11.1. The molecule has 0 spiro atoms. The zero-order valence-corrected chi connectivity index (χ0v) is 25.5. The van der Waals surface area contributed by atoms with Crippen LogP contribution in [0.4, 0.5) is 22.7 Å². The van der Waals surface area contributed by atoms with E-state index in [0.717, 1.165) is 38.2 Å². The Bertz CT molecular complexity index is 1960. The molecule has 43 heavy (non-hydrogen) atoms. The molecule has 0 aliphatic carbocycles. The van der Waals surface area contributed by atoms with Crippen molar-refractivity contribution in [1.82, 2.24) is 9.13 Å². The van der Waals surface area contributed by atoms with Gasteiger partial charge in [-0.3, -0.25) is 20.2 Å². The summed E-state index contributed by atoms with van der Waals surface area (Å²) < 4.78 is 6.74. The van der Waals surface area contributed by atoms with Crippen molar-refractivity contribution in [2.75, 3.05) is 10.6 Å². The van der Waals surface area contributed by atoms with E-state index >= 15 is 0 Å². The van der Waals surface area contributed by atoms with Gasteiger partial charge in [-0.2, -0.15) is 0 Å². The van der Waals surface area contributed by atoms with Crippen LogP contribution in [0.5, 0.6) is 0 Å². The molecule has 0 atom stereocenters. The van der Waals surface area contributed by atoms with Crippen molar-refractivity contribution >= 4 is 90.3 Å². The Labute approximate surface area is 262 Å². The number of benzene rings is 4. The van der Waals surface area contributed by atoms with E-state index < -0.39 is 9.85 Å². The number of thiazole rings is 2. The lowest BCUT2D eigenvalue weighted by molar-refractivity contribution is -0.384. The first-order valence-corrected chi connectivity index (χ1v) is 15.4. The molecule has 2 N–H and O–H groups in total. The predicted molar refractivity (Wildman–Crippen MR) is 178 cm³/mol. The summed E-state index contributed by atoms with van der Waals surface area (Å²) >= 11 is 13.7. The van der Waals surface area contributed by atoms with Crippen molar-refractivity contribution in [3.05, 3.63) is 124 Å². The van der Waals surface area contributed by atoms with Crippen molar-refractivity contribution < 1.29 is 9.85 Å². The lowest BCUT2D eigenvalue weighted by Gasteiger charge is -2.11. The van der Waals surface area contributed by atoms with E-state index in [4.69, 9.17) is 24.4 Å². The highest BCUT2D eigenvalue weighted by molar-refractivity contribution is 7.74. The number of hydrogen-bond acceptors (Lipinski definition) is 10. The molecule has 216 valence electrons. The van der Waals surface area contributed by atoms with Gasteiger partial charge in [0.2, 0.25) is 0 Å². The van der Waals surface area contributed by atoms with Crippen LogP contribution >= 0.6 is 47.1 Å². The van der Waals surface area contributed by atoms with Crippen molar-refractivity contribution in [3.8, 4) is 0 Å². The quantitative estimate of drug-likeness (QED) is 0.0861. The molecular formula is C29H22N6O4S4. The number of hydrogen-bond donors (Lipinski definition) is 2. The highest BCUT2D eigenvalue weighted by Crippen LogP contribution is 2.29. The summed E-state index contributed by atoms with van der Waals surface area (Å²) in [5.41, 5.74) is 6.06. The fourth-order valence-corrected chi connectivity index (χ4v) is 7.41. The number of non-ortho nitro benzene ring substituents is 2. The molecule has 0 bridgehead atoms. The molecule has 4 aromatic carbocycles. The first-order valence-electron chi connectivity index (χ1n) is 13.0. The summed E-state index contributed by atoms with van der Waals surface area (Å²) in [7, 11) is 0. The first-order chi connectivity index (χ1) is 20.7. The number of rotatable bonds is 10. The highest BCUT2D eigenvalue weighted by atomic mass is 32.2. The number of nitro groups is 2. The second-order valence-corrected chi connectivity index (χ2v) is 13.0. The van der Waals surface area contributed by atoms with Crippen LogP contribution in [0, 0.1) is 28.1 Å². The molecule has 6 aromatic rings. The van der Waals surface area contributed by atoms with Gasteiger partial charge in [-0.1, -0.05) is 24.3 Å². The topological polar surface area (TPSA) is 120 Å². The van der Waals surface area contributed by atoms with Gasteiger partial charge in [-0.05, 0) is 78.4 Å². The standard InChI is InChI=1S/C29H22N6O4S4/c36-34(37)22-9-11-24-26(14-22)42-28(40)32(24)16-30-20-5-1-18(2-6-20)13-19-3-7-21(8-4-19)31-17-33-25-12-10-23(35(38)39)15-27(25)43-29(33)41/h1-12,14-15,30-31H,13,16-17H2.